The summed E-state index contributed by atoms with van der Waals surface area (Å²) in [4.78, 5) is 14.1. The maximum Gasteiger partial charge on any atom is 0.238 e. The van der Waals surface area contributed by atoms with Crippen molar-refractivity contribution in [3.63, 3.8) is 0 Å². The molecule has 2 aromatic rings. The fraction of sp³-hybridized carbons (Fsp3) is 0.438. The highest BCUT2D eigenvalue weighted by Crippen LogP contribution is 2.29. The normalized spacial score (nSPS) is 16.4. The Hall–Kier alpha value is -1.86. The Kier molecular flexibility index (Phi) is 4.97. The van der Waals surface area contributed by atoms with Crippen LogP contribution < -0.4 is 5.32 Å². The third-order valence-electron chi connectivity index (χ3n) is 3.99. The Labute approximate surface area is 138 Å². The summed E-state index contributed by atoms with van der Waals surface area (Å²) in [6.07, 6.45) is 1.95. The van der Waals surface area contributed by atoms with Crippen molar-refractivity contribution in [2.45, 2.75) is 25.7 Å². The Morgan fingerprint density at radius 3 is 2.74 bits per heavy atom. The fourth-order valence-electron chi connectivity index (χ4n) is 2.77. The van der Waals surface area contributed by atoms with Crippen LogP contribution >= 0.6 is 11.3 Å². The predicted octanol–water partition coefficient (Wildman–Crippen LogP) is 2.80. The highest BCUT2D eigenvalue weighted by atomic mass is 32.1. The van der Waals surface area contributed by atoms with Gasteiger partial charge in [0.1, 0.15) is 15.8 Å². The van der Waals surface area contributed by atoms with Gasteiger partial charge >= 0.3 is 0 Å². The summed E-state index contributed by atoms with van der Waals surface area (Å²) in [5.41, 5.74) is 0.233. The second kappa shape index (κ2) is 7.14. The second-order valence-electron chi connectivity index (χ2n) is 5.74. The van der Waals surface area contributed by atoms with Crippen LogP contribution in [0, 0.1) is 12.7 Å². The van der Waals surface area contributed by atoms with Crippen molar-refractivity contribution in [2.75, 3.05) is 25.0 Å². The molecule has 1 aliphatic heterocycles. The van der Waals surface area contributed by atoms with E-state index >= 15 is 0 Å². The van der Waals surface area contributed by atoms with Gasteiger partial charge in [-0.15, -0.1) is 21.5 Å². The molecule has 7 heteroatoms. The number of hydrogen-bond donors (Lipinski definition) is 1. The smallest absolute Gasteiger partial charge is 0.238 e. The van der Waals surface area contributed by atoms with Crippen molar-refractivity contribution >= 4 is 22.9 Å². The van der Waals surface area contributed by atoms with Crippen molar-refractivity contribution in [1.29, 1.82) is 0 Å². The number of nitrogens with one attached hydrogen (secondary N) is 1. The van der Waals surface area contributed by atoms with Crippen molar-refractivity contribution in [3.8, 4) is 0 Å². The predicted molar refractivity (Wildman–Crippen MR) is 88.1 cm³/mol. The van der Waals surface area contributed by atoms with Gasteiger partial charge in [-0.05, 0) is 45.0 Å². The third-order valence-corrected chi connectivity index (χ3v) is 4.99. The molecule has 1 fully saturated rings. The largest absolute Gasteiger partial charge is 0.322 e. The minimum absolute atomic E-state index is 0.180. The highest BCUT2D eigenvalue weighted by Gasteiger charge is 2.24. The zero-order valence-corrected chi connectivity index (χ0v) is 13.8. The van der Waals surface area contributed by atoms with Gasteiger partial charge in [-0.2, -0.15) is 0 Å². The van der Waals surface area contributed by atoms with Gasteiger partial charge in [0.05, 0.1) is 12.2 Å². The van der Waals surface area contributed by atoms with Crippen molar-refractivity contribution in [2.24, 2.45) is 0 Å². The van der Waals surface area contributed by atoms with E-state index in [1.807, 2.05) is 6.92 Å². The number of halogens is 1. The molecule has 3 rings (SSSR count). The van der Waals surface area contributed by atoms with Crippen LogP contribution in [0.5, 0.6) is 0 Å². The van der Waals surface area contributed by atoms with E-state index in [-0.39, 0.29) is 18.1 Å². The molecule has 0 spiro atoms. The van der Waals surface area contributed by atoms with Gasteiger partial charge in [-0.1, -0.05) is 12.1 Å². The lowest BCUT2D eigenvalue weighted by atomic mass is 9.98. The molecular formula is C16H19FN4OS. The van der Waals surface area contributed by atoms with E-state index in [4.69, 9.17) is 0 Å². The fourth-order valence-corrected chi connectivity index (χ4v) is 3.64. The molecule has 23 heavy (non-hydrogen) atoms. The maximum atomic E-state index is 13.5. The standard InChI is InChI=1S/C16H19FN4OS/c1-11-19-20-16(23-11)12-6-8-21(9-7-12)10-15(22)18-14-5-3-2-4-13(14)17/h2-5,12H,6-10H2,1H3,(H,18,22). The number of carbonyl (C=O) groups excluding carboxylic acids is 1. The molecule has 0 aliphatic carbocycles. The Morgan fingerprint density at radius 1 is 1.35 bits per heavy atom. The molecule has 1 aromatic heterocycles. The minimum atomic E-state index is -0.411. The van der Waals surface area contributed by atoms with Gasteiger partial charge in [-0.3, -0.25) is 9.69 Å². The topological polar surface area (TPSA) is 58.1 Å². The summed E-state index contributed by atoms with van der Waals surface area (Å²) in [6.45, 7) is 3.93. The first kappa shape index (κ1) is 16.0. The van der Waals surface area contributed by atoms with Crippen LogP contribution in [0.3, 0.4) is 0 Å². The van der Waals surface area contributed by atoms with Gasteiger partial charge in [0.25, 0.3) is 0 Å². The molecule has 1 N–H and O–H groups in total. The number of hydrogen-bond acceptors (Lipinski definition) is 5. The van der Waals surface area contributed by atoms with Crippen LogP contribution in [0.25, 0.3) is 0 Å². The zero-order chi connectivity index (χ0) is 16.2. The monoisotopic (exact) mass is 334 g/mol. The third kappa shape index (κ3) is 4.11. The lowest BCUT2D eigenvalue weighted by Gasteiger charge is -2.30. The number of aromatic nitrogens is 2. The van der Waals surface area contributed by atoms with Gasteiger partial charge in [0, 0.05) is 5.92 Å². The molecule has 1 aliphatic rings. The Morgan fingerprint density at radius 2 is 2.09 bits per heavy atom. The van der Waals surface area contributed by atoms with Gasteiger partial charge < -0.3 is 5.32 Å². The van der Waals surface area contributed by atoms with E-state index in [1.54, 1.807) is 29.5 Å². The summed E-state index contributed by atoms with van der Waals surface area (Å²) >= 11 is 1.65. The molecule has 5 nitrogen and oxygen atoms in total. The zero-order valence-electron chi connectivity index (χ0n) is 13.0. The second-order valence-corrected chi connectivity index (χ2v) is 6.95. The number of rotatable bonds is 4. The average molecular weight is 334 g/mol. The van der Waals surface area contributed by atoms with E-state index in [0.717, 1.165) is 35.9 Å². The van der Waals surface area contributed by atoms with Gasteiger partial charge in [-0.25, -0.2) is 4.39 Å². The number of para-hydroxylation sites is 1. The summed E-state index contributed by atoms with van der Waals surface area (Å²) in [6, 6.07) is 6.21. The summed E-state index contributed by atoms with van der Waals surface area (Å²) in [7, 11) is 0. The first-order chi connectivity index (χ1) is 11.1. The summed E-state index contributed by atoms with van der Waals surface area (Å²) in [5.74, 6) is -0.154. The highest BCUT2D eigenvalue weighted by molar-refractivity contribution is 7.11. The summed E-state index contributed by atoms with van der Waals surface area (Å²) in [5, 5.41) is 13.0. The van der Waals surface area contributed by atoms with Crippen LogP contribution in [0.2, 0.25) is 0 Å². The number of nitrogens with zero attached hydrogens (tertiary/aromatic N) is 3. The Bertz CT molecular complexity index is 682. The number of amides is 1. The van der Waals surface area contributed by atoms with Crippen LogP contribution in [0.1, 0.15) is 28.8 Å². The molecule has 0 bridgehead atoms. The molecule has 0 atom stereocenters. The molecule has 0 saturated carbocycles. The number of anilines is 1. The molecule has 122 valence electrons. The minimum Gasteiger partial charge on any atom is -0.322 e. The lowest BCUT2D eigenvalue weighted by molar-refractivity contribution is -0.117. The molecule has 0 radical (unpaired) electrons. The van der Waals surface area contributed by atoms with Gasteiger partial charge in [0.2, 0.25) is 5.91 Å². The van der Waals surface area contributed by atoms with E-state index in [2.05, 4.69) is 20.4 Å². The Balaban J connectivity index is 1.49. The molecule has 2 heterocycles. The SMILES string of the molecule is Cc1nnc(C2CCN(CC(=O)Nc3ccccc3F)CC2)s1. The van der Waals surface area contributed by atoms with E-state index in [0.29, 0.717) is 5.92 Å². The number of carbonyl (C=O) groups is 1. The number of piperidine rings is 1. The van der Waals surface area contributed by atoms with Crippen molar-refractivity contribution < 1.29 is 9.18 Å². The molecule has 1 saturated heterocycles. The molecular weight excluding hydrogens is 315 g/mol. The molecule has 1 amide bonds. The molecule has 0 unspecified atom stereocenters. The quantitative estimate of drug-likeness (QED) is 0.934. The maximum absolute atomic E-state index is 13.5. The first-order valence-electron chi connectivity index (χ1n) is 7.68. The van der Waals surface area contributed by atoms with Crippen molar-refractivity contribution in [1.82, 2.24) is 15.1 Å². The molecule has 1 aromatic carbocycles. The van der Waals surface area contributed by atoms with Crippen molar-refractivity contribution in [3.05, 3.63) is 40.1 Å². The van der Waals surface area contributed by atoms with Crippen LogP contribution in [-0.2, 0) is 4.79 Å². The van der Waals surface area contributed by atoms with E-state index < -0.39 is 5.82 Å². The van der Waals surface area contributed by atoms with E-state index in [1.165, 1.54) is 6.07 Å². The van der Waals surface area contributed by atoms with E-state index in [9.17, 15) is 9.18 Å². The van der Waals surface area contributed by atoms with Gasteiger partial charge in [0.15, 0.2) is 0 Å². The average Bonchev–Trinajstić information content (AvgIpc) is 2.97. The number of aryl methyl sites for hydroxylation is 1. The van der Waals surface area contributed by atoms with Crippen LogP contribution in [0.15, 0.2) is 24.3 Å². The lowest BCUT2D eigenvalue weighted by Crippen LogP contribution is -2.38. The summed E-state index contributed by atoms with van der Waals surface area (Å²) < 4.78 is 13.5. The van der Waals surface area contributed by atoms with Crippen LogP contribution in [0.4, 0.5) is 10.1 Å². The number of benzene rings is 1. The van der Waals surface area contributed by atoms with Crippen LogP contribution in [-0.4, -0.2) is 40.6 Å². The number of likely N-dealkylation sites (tertiary alicyclic amines) is 1. The first-order valence-corrected chi connectivity index (χ1v) is 8.50.